The summed E-state index contributed by atoms with van der Waals surface area (Å²) < 4.78 is 12.1. The minimum atomic E-state index is -0.717. The standard InChI is InChI=1S/C25H21N3O4/c1-15-12-20-22(24(29)28(15)14-16-6-4-3-5-7-16)21(19(13-26)23(27)32-20)17-8-10-18(11-9-17)25(30)31-2/h3-12,21H,14,27H2,1-2H3/t21-/m0/s1. The summed E-state index contributed by atoms with van der Waals surface area (Å²) in [6, 6.07) is 20.1. The van der Waals surface area contributed by atoms with Crippen molar-refractivity contribution < 1.29 is 14.3 Å². The third kappa shape index (κ3) is 3.63. The van der Waals surface area contributed by atoms with E-state index in [9.17, 15) is 14.9 Å². The molecule has 1 aliphatic rings. The lowest BCUT2D eigenvalue weighted by Gasteiger charge is -2.27. The van der Waals surface area contributed by atoms with Gasteiger partial charge in [-0.3, -0.25) is 4.79 Å². The van der Waals surface area contributed by atoms with Gasteiger partial charge in [0.2, 0.25) is 5.88 Å². The molecule has 0 bridgehead atoms. The molecule has 0 spiro atoms. The van der Waals surface area contributed by atoms with E-state index in [1.165, 1.54) is 7.11 Å². The lowest BCUT2D eigenvalue weighted by Crippen LogP contribution is -2.33. The fourth-order valence-electron chi connectivity index (χ4n) is 3.91. The van der Waals surface area contributed by atoms with E-state index in [1.54, 1.807) is 34.9 Å². The third-order valence-electron chi connectivity index (χ3n) is 5.54. The molecular weight excluding hydrogens is 406 g/mol. The topological polar surface area (TPSA) is 107 Å². The summed E-state index contributed by atoms with van der Waals surface area (Å²) in [5.41, 5.74) is 8.97. The molecule has 7 heteroatoms. The van der Waals surface area contributed by atoms with Crippen LogP contribution in [0.25, 0.3) is 0 Å². The van der Waals surface area contributed by atoms with Crippen LogP contribution in [-0.4, -0.2) is 17.6 Å². The van der Waals surface area contributed by atoms with Gasteiger partial charge in [0.25, 0.3) is 5.56 Å². The molecule has 7 nitrogen and oxygen atoms in total. The fraction of sp³-hybridized carbons (Fsp3) is 0.160. The van der Waals surface area contributed by atoms with Gasteiger partial charge in [0.15, 0.2) is 0 Å². The number of rotatable bonds is 4. The minimum Gasteiger partial charge on any atom is -0.465 e. The van der Waals surface area contributed by atoms with Gasteiger partial charge in [0.1, 0.15) is 17.4 Å². The minimum absolute atomic E-state index is 0.0401. The molecule has 32 heavy (non-hydrogen) atoms. The molecule has 3 aromatic rings. The van der Waals surface area contributed by atoms with Crippen molar-refractivity contribution in [3.05, 3.63) is 110 Å². The number of carbonyl (C=O) groups is 1. The predicted molar refractivity (Wildman–Crippen MR) is 118 cm³/mol. The van der Waals surface area contributed by atoms with Crippen molar-refractivity contribution >= 4 is 5.97 Å². The van der Waals surface area contributed by atoms with E-state index in [1.807, 2.05) is 37.3 Å². The van der Waals surface area contributed by atoms with Gasteiger partial charge >= 0.3 is 5.97 Å². The van der Waals surface area contributed by atoms with E-state index >= 15 is 0 Å². The smallest absolute Gasteiger partial charge is 0.337 e. The number of hydrogen-bond acceptors (Lipinski definition) is 6. The van der Waals surface area contributed by atoms with Crippen LogP contribution in [0, 0.1) is 18.3 Å². The Bertz CT molecular complexity index is 1320. The molecule has 0 aliphatic carbocycles. The van der Waals surface area contributed by atoms with Crippen molar-refractivity contribution in [3.8, 4) is 11.8 Å². The highest BCUT2D eigenvalue weighted by molar-refractivity contribution is 5.89. The van der Waals surface area contributed by atoms with Crippen LogP contribution in [0.1, 0.15) is 38.7 Å². The van der Waals surface area contributed by atoms with E-state index in [2.05, 4.69) is 6.07 Å². The zero-order valence-corrected chi connectivity index (χ0v) is 17.7. The molecule has 0 radical (unpaired) electrons. The summed E-state index contributed by atoms with van der Waals surface area (Å²) in [6.45, 7) is 2.21. The number of ether oxygens (including phenoxy) is 2. The zero-order valence-electron chi connectivity index (χ0n) is 17.7. The van der Waals surface area contributed by atoms with E-state index < -0.39 is 11.9 Å². The normalized spacial score (nSPS) is 14.8. The molecule has 0 amide bonds. The quantitative estimate of drug-likeness (QED) is 0.641. The molecule has 2 N–H and O–H groups in total. The molecule has 160 valence electrons. The summed E-state index contributed by atoms with van der Waals surface area (Å²) in [4.78, 5) is 25.5. The van der Waals surface area contributed by atoms with E-state index in [0.717, 1.165) is 5.56 Å². The first-order valence-corrected chi connectivity index (χ1v) is 9.98. The molecule has 1 aliphatic heterocycles. The van der Waals surface area contributed by atoms with Crippen LogP contribution < -0.4 is 16.0 Å². The van der Waals surface area contributed by atoms with Gasteiger partial charge in [-0.1, -0.05) is 42.5 Å². The SMILES string of the molecule is COC(=O)c1ccc([C@H]2C(C#N)=C(N)Oc3cc(C)n(Cc4ccccc4)c(=O)c32)cc1. The van der Waals surface area contributed by atoms with Crippen molar-refractivity contribution in [2.24, 2.45) is 5.73 Å². The van der Waals surface area contributed by atoms with Gasteiger partial charge in [-0.2, -0.15) is 5.26 Å². The number of allylic oxidation sites excluding steroid dienone is 1. The first-order valence-electron chi connectivity index (χ1n) is 9.98. The van der Waals surface area contributed by atoms with Gasteiger partial charge in [0.05, 0.1) is 30.7 Å². The molecule has 1 aromatic heterocycles. The molecular formula is C25H21N3O4. The van der Waals surface area contributed by atoms with Gasteiger partial charge in [-0.25, -0.2) is 4.79 Å². The number of carbonyl (C=O) groups excluding carboxylic acids is 1. The maximum atomic E-state index is 13.6. The number of aromatic nitrogens is 1. The first-order chi connectivity index (χ1) is 15.4. The summed E-state index contributed by atoms with van der Waals surface area (Å²) in [7, 11) is 1.31. The average Bonchev–Trinajstić information content (AvgIpc) is 2.81. The molecule has 0 saturated carbocycles. The number of fused-ring (bicyclic) bond motifs is 1. The highest BCUT2D eigenvalue weighted by Crippen LogP contribution is 2.40. The number of methoxy groups -OCH3 is 1. The molecule has 0 saturated heterocycles. The number of esters is 1. The largest absolute Gasteiger partial charge is 0.465 e. The highest BCUT2D eigenvalue weighted by atomic mass is 16.5. The first kappa shape index (κ1) is 20.9. The number of nitrogens with zero attached hydrogens (tertiary/aromatic N) is 2. The van der Waals surface area contributed by atoms with Crippen LogP contribution in [0.2, 0.25) is 0 Å². The second-order valence-corrected chi connectivity index (χ2v) is 7.48. The van der Waals surface area contributed by atoms with Crippen LogP contribution in [0.4, 0.5) is 0 Å². The maximum Gasteiger partial charge on any atom is 0.337 e. The van der Waals surface area contributed by atoms with Crippen LogP contribution in [0.3, 0.4) is 0 Å². The van der Waals surface area contributed by atoms with Crippen LogP contribution in [0.15, 0.2) is 76.9 Å². The number of benzene rings is 2. The lowest BCUT2D eigenvalue weighted by atomic mass is 9.83. The van der Waals surface area contributed by atoms with E-state index in [4.69, 9.17) is 15.2 Å². The van der Waals surface area contributed by atoms with Crippen molar-refractivity contribution in [2.45, 2.75) is 19.4 Å². The fourth-order valence-corrected chi connectivity index (χ4v) is 3.91. The average molecular weight is 427 g/mol. The summed E-state index contributed by atoms with van der Waals surface area (Å²) in [5, 5.41) is 9.80. The number of aryl methyl sites for hydroxylation is 1. The van der Waals surface area contributed by atoms with Crippen molar-refractivity contribution in [1.29, 1.82) is 5.26 Å². The van der Waals surface area contributed by atoms with Gasteiger partial charge in [0, 0.05) is 11.8 Å². The summed E-state index contributed by atoms with van der Waals surface area (Å²) in [5.74, 6) is -0.900. The Morgan fingerprint density at radius 3 is 2.50 bits per heavy atom. The highest BCUT2D eigenvalue weighted by Gasteiger charge is 2.34. The predicted octanol–water partition coefficient (Wildman–Crippen LogP) is 3.21. The number of pyridine rings is 1. The molecule has 0 unspecified atom stereocenters. The Morgan fingerprint density at radius 2 is 1.88 bits per heavy atom. The molecule has 2 heterocycles. The van der Waals surface area contributed by atoms with Crippen LogP contribution in [-0.2, 0) is 11.3 Å². The second-order valence-electron chi connectivity index (χ2n) is 7.48. The molecule has 1 atom stereocenters. The van der Waals surface area contributed by atoms with Crippen molar-refractivity contribution in [1.82, 2.24) is 4.57 Å². The number of nitrogens with two attached hydrogens (primary N) is 1. The summed E-state index contributed by atoms with van der Waals surface area (Å²) in [6.07, 6.45) is 0. The monoisotopic (exact) mass is 427 g/mol. The Kier molecular flexibility index (Phi) is 5.52. The van der Waals surface area contributed by atoms with E-state index in [-0.39, 0.29) is 17.0 Å². The number of nitriles is 1. The molecule has 4 rings (SSSR count). The number of hydrogen-bond donors (Lipinski definition) is 1. The van der Waals surface area contributed by atoms with Crippen LogP contribution >= 0.6 is 0 Å². The van der Waals surface area contributed by atoms with Crippen molar-refractivity contribution in [3.63, 3.8) is 0 Å². The third-order valence-corrected chi connectivity index (χ3v) is 5.54. The van der Waals surface area contributed by atoms with Crippen molar-refractivity contribution in [2.75, 3.05) is 7.11 Å². The zero-order chi connectivity index (χ0) is 22.8. The Labute approximate surface area is 184 Å². The van der Waals surface area contributed by atoms with Gasteiger partial charge in [-0.05, 0) is 30.2 Å². The second kappa shape index (κ2) is 8.44. The molecule has 0 fully saturated rings. The maximum absolute atomic E-state index is 13.6. The Hall–Kier alpha value is -4.31. The van der Waals surface area contributed by atoms with Gasteiger partial charge < -0.3 is 19.8 Å². The summed E-state index contributed by atoms with van der Waals surface area (Å²) >= 11 is 0. The van der Waals surface area contributed by atoms with E-state index in [0.29, 0.717) is 34.7 Å². The Morgan fingerprint density at radius 1 is 1.19 bits per heavy atom. The Balaban J connectivity index is 1.88. The van der Waals surface area contributed by atoms with Gasteiger partial charge in [-0.15, -0.1) is 0 Å². The van der Waals surface area contributed by atoms with Crippen LogP contribution in [0.5, 0.6) is 5.75 Å². The molecule has 2 aromatic carbocycles. The lowest BCUT2D eigenvalue weighted by molar-refractivity contribution is 0.0600.